The number of ether oxygens (including phenoxy) is 1. The first-order chi connectivity index (χ1) is 9.22. The number of hydrogen-bond donors (Lipinski definition) is 2. The predicted octanol–water partition coefficient (Wildman–Crippen LogP) is 3.05. The Morgan fingerprint density at radius 3 is 2.84 bits per heavy atom. The van der Waals surface area contributed by atoms with Crippen LogP contribution in [0.2, 0.25) is 0 Å². The van der Waals surface area contributed by atoms with Gasteiger partial charge in [-0.1, -0.05) is 18.9 Å². The highest BCUT2D eigenvalue weighted by Gasteiger charge is 2.17. The smallest absolute Gasteiger partial charge is 0.340 e. The average molecular weight is 262 g/mol. The van der Waals surface area contributed by atoms with Gasteiger partial charge in [0, 0.05) is 6.54 Å². The number of carbonyl (C=O) groups is 1. The minimum absolute atomic E-state index is 0.357. The van der Waals surface area contributed by atoms with Crippen LogP contribution in [-0.4, -0.2) is 19.1 Å². The molecule has 0 spiro atoms. The summed E-state index contributed by atoms with van der Waals surface area (Å²) in [5.41, 5.74) is 7.79. The molecule has 19 heavy (non-hydrogen) atoms. The summed E-state index contributed by atoms with van der Waals surface area (Å²) in [6.45, 7) is 3.07. The molecular weight excluding hydrogens is 240 g/mol. The lowest BCUT2D eigenvalue weighted by Crippen LogP contribution is -2.14. The number of nitrogens with one attached hydrogen (secondary N) is 1. The van der Waals surface area contributed by atoms with Gasteiger partial charge in [-0.25, -0.2) is 4.79 Å². The van der Waals surface area contributed by atoms with Gasteiger partial charge in [0.05, 0.1) is 23.5 Å². The van der Waals surface area contributed by atoms with Crippen molar-refractivity contribution in [3.05, 3.63) is 23.8 Å². The maximum atomic E-state index is 11.7. The lowest BCUT2D eigenvalue weighted by molar-refractivity contribution is 0.0527. The molecule has 0 saturated heterocycles. The fourth-order valence-electron chi connectivity index (χ4n) is 2.57. The van der Waals surface area contributed by atoms with Crippen molar-refractivity contribution in [3.8, 4) is 0 Å². The van der Waals surface area contributed by atoms with Crippen molar-refractivity contribution in [2.45, 2.75) is 32.6 Å². The molecule has 1 aliphatic carbocycles. The van der Waals surface area contributed by atoms with Crippen LogP contribution in [0, 0.1) is 5.92 Å². The highest BCUT2D eigenvalue weighted by molar-refractivity contribution is 5.98. The summed E-state index contributed by atoms with van der Waals surface area (Å²) >= 11 is 0. The van der Waals surface area contributed by atoms with Crippen LogP contribution in [0.15, 0.2) is 18.2 Å². The van der Waals surface area contributed by atoms with Crippen molar-refractivity contribution < 1.29 is 9.53 Å². The van der Waals surface area contributed by atoms with Crippen LogP contribution in [0.1, 0.15) is 43.0 Å². The molecule has 104 valence electrons. The first kappa shape index (κ1) is 13.7. The molecule has 4 heteroatoms. The third-order valence-corrected chi connectivity index (χ3v) is 3.66. The van der Waals surface area contributed by atoms with Crippen LogP contribution in [0.4, 0.5) is 11.4 Å². The molecular formula is C15H22N2O2. The van der Waals surface area contributed by atoms with Gasteiger partial charge < -0.3 is 15.8 Å². The fourth-order valence-corrected chi connectivity index (χ4v) is 2.57. The van der Waals surface area contributed by atoms with Gasteiger partial charge in [0.25, 0.3) is 0 Å². The summed E-state index contributed by atoms with van der Waals surface area (Å²) < 4.78 is 4.99. The van der Waals surface area contributed by atoms with Crippen LogP contribution >= 0.6 is 0 Å². The molecule has 4 nitrogen and oxygen atoms in total. The van der Waals surface area contributed by atoms with Gasteiger partial charge in [-0.15, -0.1) is 0 Å². The Kier molecular flexibility index (Phi) is 4.66. The molecule has 1 aliphatic rings. The van der Waals surface area contributed by atoms with Gasteiger partial charge in [-0.05, 0) is 37.8 Å². The molecule has 0 unspecified atom stereocenters. The Labute approximate surface area is 114 Å². The van der Waals surface area contributed by atoms with Crippen LogP contribution < -0.4 is 11.1 Å². The second kappa shape index (κ2) is 6.45. The third-order valence-electron chi connectivity index (χ3n) is 3.66. The van der Waals surface area contributed by atoms with E-state index < -0.39 is 0 Å². The number of nitrogens with two attached hydrogens (primary N) is 1. The van der Waals surface area contributed by atoms with E-state index in [9.17, 15) is 4.79 Å². The second-order valence-corrected chi connectivity index (χ2v) is 5.02. The number of anilines is 2. The normalized spacial score (nSPS) is 15.4. The van der Waals surface area contributed by atoms with E-state index in [0.717, 1.165) is 18.2 Å². The molecule has 1 aromatic carbocycles. The Morgan fingerprint density at radius 2 is 2.16 bits per heavy atom. The first-order valence-corrected chi connectivity index (χ1v) is 7.02. The van der Waals surface area contributed by atoms with Gasteiger partial charge in [-0.3, -0.25) is 0 Å². The fraction of sp³-hybridized carbons (Fsp3) is 0.533. The molecule has 0 aliphatic heterocycles. The van der Waals surface area contributed by atoms with E-state index in [4.69, 9.17) is 10.5 Å². The molecule has 0 atom stereocenters. The number of benzene rings is 1. The standard InChI is InChI=1S/C15H22N2O2/c1-2-19-15(18)12-8-5-9-13(14(12)16)17-10-11-6-3-4-7-11/h5,8-9,11,17H,2-4,6-7,10,16H2,1H3. The van der Waals surface area contributed by atoms with Gasteiger partial charge >= 0.3 is 5.97 Å². The van der Waals surface area contributed by atoms with E-state index in [1.165, 1.54) is 25.7 Å². The Bertz CT molecular complexity index is 440. The minimum atomic E-state index is -0.357. The van der Waals surface area contributed by atoms with Crippen molar-refractivity contribution in [2.75, 3.05) is 24.2 Å². The zero-order chi connectivity index (χ0) is 13.7. The maximum absolute atomic E-state index is 11.7. The van der Waals surface area contributed by atoms with Gasteiger partial charge in [0.1, 0.15) is 0 Å². The third kappa shape index (κ3) is 3.40. The van der Waals surface area contributed by atoms with E-state index >= 15 is 0 Å². The predicted molar refractivity (Wildman–Crippen MR) is 77.3 cm³/mol. The zero-order valence-corrected chi connectivity index (χ0v) is 11.4. The quantitative estimate of drug-likeness (QED) is 0.632. The average Bonchev–Trinajstić information content (AvgIpc) is 2.91. The number of nitrogen functional groups attached to an aromatic ring is 1. The summed E-state index contributed by atoms with van der Waals surface area (Å²) in [5, 5.41) is 3.36. The molecule has 0 bridgehead atoms. The molecule has 0 heterocycles. The topological polar surface area (TPSA) is 64.3 Å². The highest BCUT2D eigenvalue weighted by atomic mass is 16.5. The van der Waals surface area contributed by atoms with Crippen LogP contribution in [0.5, 0.6) is 0 Å². The Hall–Kier alpha value is -1.71. The van der Waals surface area contributed by atoms with Gasteiger partial charge in [0.2, 0.25) is 0 Å². The van der Waals surface area contributed by atoms with Crippen molar-refractivity contribution in [1.82, 2.24) is 0 Å². The maximum Gasteiger partial charge on any atom is 0.340 e. The minimum Gasteiger partial charge on any atom is -0.462 e. The van der Waals surface area contributed by atoms with E-state index in [0.29, 0.717) is 17.9 Å². The monoisotopic (exact) mass is 262 g/mol. The van der Waals surface area contributed by atoms with E-state index in [1.807, 2.05) is 12.1 Å². The van der Waals surface area contributed by atoms with Crippen LogP contribution in [-0.2, 0) is 4.74 Å². The zero-order valence-electron chi connectivity index (χ0n) is 11.4. The molecule has 2 rings (SSSR count). The van der Waals surface area contributed by atoms with Crippen molar-refractivity contribution in [3.63, 3.8) is 0 Å². The van der Waals surface area contributed by atoms with Gasteiger partial charge in [-0.2, -0.15) is 0 Å². The van der Waals surface area contributed by atoms with Crippen molar-refractivity contribution in [1.29, 1.82) is 0 Å². The van der Waals surface area contributed by atoms with Crippen LogP contribution in [0.3, 0.4) is 0 Å². The lowest BCUT2D eigenvalue weighted by atomic mass is 10.1. The second-order valence-electron chi connectivity index (χ2n) is 5.02. The number of esters is 1. The summed E-state index contributed by atoms with van der Waals surface area (Å²) in [4.78, 5) is 11.7. The largest absolute Gasteiger partial charge is 0.462 e. The summed E-state index contributed by atoms with van der Waals surface area (Å²) in [6, 6.07) is 5.45. The summed E-state index contributed by atoms with van der Waals surface area (Å²) in [5.74, 6) is 0.371. The molecule has 1 saturated carbocycles. The summed E-state index contributed by atoms with van der Waals surface area (Å²) in [6.07, 6.45) is 5.21. The molecule has 0 aromatic heterocycles. The molecule has 1 fully saturated rings. The van der Waals surface area contributed by atoms with E-state index in [2.05, 4.69) is 5.32 Å². The molecule has 3 N–H and O–H groups in total. The van der Waals surface area contributed by atoms with E-state index in [-0.39, 0.29) is 5.97 Å². The highest BCUT2D eigenvalue weighted by Crippen LogP contribution is 2.27. The Morgan fingerprint density at radius 1 is 1.42 bits per heavy atom. The first-order valence-electron chi connectivity index (χ1n) is 7.02. The number of carbonyl (C=O) groups excluding carboxylic acids is 1. The van der Waals surface area contributed by atoms with Crippen LogP contribution in [0.25, 0.3) is 0 Å². The van der Waals surface area contributed by atoms with Crippen molar-refractivity contribution >= 4 is 17.3 Å². The molecule has 0 amide bonds. The van der Waals surface area contributed by atoms with Crippen molar-refractivity contribution in [2.24, 2.45) is 5.92 Å². The van der Waals surface area contributed by atoms with E-state index in [1.54, 1.807) is 13.0 Å². The molecule has 0 radical (unpaired) electrons. The Balaban J connectivity index is 2.03. The number of para-hydroxylation sites is 1. The number of hydrogen-bond acceptors (Lipinski definition) is 4. The van der Waals surface area contributed by atoms with Gasteiger partial charge in [0.15, 0.2) is 0 Å². The SMILES string of the molecule is CCOC(=O)c1cccc(NCC2CCCC2)c1N. The lowest BCUT2D eigenvalue weighted by Gasteiger charge is -2.15. The molecule has 1 aromatic rings. The number of rotatable bonds is 5. The summed E-state index contributed by atoms with van der Waals surface area (Å²) in [7, 11) is 0.